The molecular formula is C10H13NO. The second-order valence-electron chi connectivity index (χ2n) is 2.96. The van der Waals surface area contributed by atoms with Gasteiger partial charge in [0.2, 0.25) is 0 Å². The minimum absolute atomic E-state index is 0.598. The minimum Gasteiger partial charge on any atom is -0.494 e. The van der Waals surface area contributed by atoms with Crippen molar-refractivity contribution in [2.75, 3.05) is 13.2 Å². The van der Waals surface area contributed by atoms with Gasteiger partial charge in [0, 0.05) is 12.6 Å². The molecule has 2 heteroatoms. The van der Waals surface area contributed by atoms with E-state index in [-0.39, 0.29) is 0 Å². The summed E-state index contributed by atoms with van der Waals surface area (Å²) in [4.78, 5) is 0. The van der Waals surface area contributed by atoms with Crippen LogP contribution in [0, 0.1) is 0 Å². The van der Waals surface area contributed by atoms with E-state index >= 15 is 0 Å². The van der Waals surface area contributed by atoms with Crippen molar-refractivity contribution in [3.63, 3.8) is 0 Å². The molecule has 1 aliphatic rings. The van der Waals surface area contributed by atoms with Crippen LogP contribution >= 0.6 is 0 Å². The number of hydrogen-bond acceptors (Lipinski definition) is 2. The largest absolute Gasteiger partial charge is 0.494 e. The first-order chi connectivity index (χ1) is 5.90. The maximum Gasteiger partial charge on any atom is 0.119 e. The molecule has 0 aliphatic carbocycles. The van der Waals surface area contributed by atoms with E-state index in [0.717, 1.165) is 18.9 Å². The summed E-state index contributed by atoms with van der Waals surface area (Å²) in [7, 11) is 0. The summed E-state index contributed by atoms with van der Waals surface area (Å²) in [5.41, 5.74) is 1.36. The predicted molar refractivity (Wildman–Crippen MR) is 48.4 cm³/mol. The van der Waals surface area contributed by atoms with E-state index in [4.69, 9.17) is 4.74 Å². The highest BCUT2D eigenvalue weighted by Gasteiger charge is 2.21. The maximum atomic E-state index is 5.34. The number of benzene rings is 1. The highest BCUT2D eigenvalue weighted by molar-refractivity contribution is 5.31. The third kappa shape index (κ3) is 1.59. The molecule has 0 unspecified atom stereocenters. The van der Waals surface area contributed by atoms with Gasteiger partial charge in [0.1, 0.15) is 5.75 Å². The van der Waals surface area contributed by atoms with E-state index in [1.807, 2.05) is 19.1 Å². The second kappa shape index (κ2) is 3.15. The van der Waals surface area contributed by atoms with Gasteiger partial charge in [-0.25, -0.2) is 0 Å². The van der Waals surface area contributed by atoms with Crippen LogP contribution in [0.5, 0.6) is 5.75 Å². The Bertz CT molecular complexity index is 251. The van der Waals surface area contributed by atoms with Crippen molar-refractivity contribution in [3.8, 4) is 5.75 Å². The fourth-order valence-electron chi connectivity index (χ4n) is 1.26. The highest BCUT2D eigenvalue weighted by Crippen LogP contribution is 2.23. The lowest BCUT2D eigenvalue weighted by Gasteiger charge is -2.02. The number of hydrogen-bond donors (Lipinski definition) is 1. The Kier molecular flexibility index (Phi) is 2.00. The zero-order valence-corrected chi connectivity index (χ0v) is 7.21. The molecule has 12 heavy (non-hydrogen) atoms. The van der Waals surface area contributed by atoms with Gasteiger partial charge in [0.05, 0.1) is 6.61 Å². The van der Waals surface area contributed by atoms with Gasteiger partial charge in [-0.05, 0) is 24.6 Å². The topological polar surface area (TPSA) is 31.2 Å². The van der Waals surface area contributed by atoms with Crippen LogP contribution in [0.2, 0.25) is 0 Å². The zero-order chi connectivity index (χ0) is 8.39. The maximum absolute atomic E-state index is 5.34. The van der Waals surface area contributed by atoms with Crippen LogP contribution in [0.15, 0.2) is 24.3 Å². The van der Waals surface area contributed by atoms with E-state index in [1.54, 1.807) is 0 Å². The van der Waals surface area contributed by atoms with Gasteiger partial charge in [-0.2, -0.15) is 0 Å². The molecule has 1 N–H and O–H groups in total. The lowest BCUT2D eigenvalue weighted by atomic mass is 10.1. The summed E-state index contributed by atoms with van der Waals surface area (Å²) in [5, 5.41) is 3.26. The van der Waals surface area contributed by atoms with Crippen molar-refractivity contribution < 1.29 is 4.74 Å². The predicted octanol–water partition coefficient (Wildman–Crippen LogP) is 1.73. The third-order valence-electron chi connectivity index (χ3n) is 2.00. The van der Waals surface area contributed by atoms with Gasteiger partial charge in [-0.1, -0.05) is 12.1 Å². The Balaban J connectivity index is 2.08. The van der Waals surface area contributed by atoms with Crippen LogP contribution in [0.1, 0.15) is 18.5 Å². The summed E-state index contributed by atoms with van der Waals surface area (Å²) in [6.45, 7) is 3.85. The molecule has 1 saturated heterocycles. The van der Waals surface area contributed by atoms with Crippen molar-refractivity contribution in [2.24, 2.45) is 0 Å². The number of ether oxygens (including phenoxy) is 1. The van der Waals surface area contributed by atoms with Crippen molar-refractivity contribution in [2.45, 2.75) is 13.0 Å². The lowest BCUT2D eigenvalue weighted by Crippen LogP contribution is -1.91. The van der Waals surface area contributed by atoms with Gasteiger partial charge in [0.25, 0.3) is 0 Å². The molecule has 2 nitrogen and oxygen atoms in total. The molecule has 0 aromatic heterocycles. The first-order valence-corrected chi connectivity index (χ1v) is 4.36. The van der Waals surface area contributed by atoms with Gasteiger partial charge in [0.15, 0.2) is 0 Å². The minimum atomic E-state index is 0.598. The quantitative estimate of drug-likeness (QED) is 0.688. The molecule has 1 heterocycles. The molecule has 0 radical (unpaired) electrons. The summed E-state index contributed by atoms with van der Waals surface area (Å²) < 4.78 is 5.34. The van der Waals surface area contributed by atoms with Crippen LogP contribution in [0.4, 0.5) is 0 Å². The van der Waals surface area contributed by atoms with Crippen LogP contribution in [0.3, 0.4) is 0 Å². The van der Waals surface area contributed by atoms with Crippen LogP contribution in [-0.4, -0.2) is 13.2 Å². The lowest BCUT2D eigenvalue weighted by molar-refractivity contribution is 0.340. The molecule has 1 fully saturated rings. The van der Waals surface area contributed by atoms with E-state index in [9.17, 15) is 0 Å². The van der Waals surface area contributed by atoms with Gasteiger partial charge >= 0.3 is 0 Å². The molecular weight excluding hydrogens is 150 g/mol. The molecule has 1 atom stereocenters. The second-order valence-corrected chi connectivity index (χ2v) is 2.96. The van der Waals surface area contributed by atoms with Crippen molar-refractivity contribution in [1.82, 2.24) is 5.32 Å². The Morgan fingerprint density at radius 1 is 1.42 bits per heavy atom. The van der Waals surface area contributed by atoms with Crippen LogP contribution in [0.25, 0.3) is 0 Å². The van der Waals surface area contributed by atoms with Crippen LogP contribution < -0.4 is 10.1 Å². The van der Waals surface area contributed by atoms with Crippen molar-refractivity contribution in [1.29, 1.82) is 0 Å². The summed E-state index contributed by atoms with van der Waals surface area (Å²) >= 11 is 0. The normalized spacial score (nSPS) is 20.6. The summed E-state index contributed by atoms with van der Waals surface area (Å²) in [6, 6.07) is 8.89. The zero-order valence-electron chi connectivity index (χ0n) is 7.21. The van der Waals surface area contributed by atoms with E-state index in [2.05, 4.69) is 17.4 Å². The first-order valence-electron chi connectivity index (χ1n) is 4.36. The van der Waals surface area contributed by atoms with E-state index in [1.165, 1.54) is 5.56 Å². The van der Waals surface area contributed by atoms with Crippen molar-refractivity contribution in [3.05, 3.63) is 29.8 Å². The van der Waals surface area contributed by atoms with Gasteiger partial charge < -0.3 is 10.1 Å². The molecule has 1 aliphatic heterocycles. The van der Waals surface area contributed by atoms with Gasteiger partial charge in [-0.3, -0.25) is 0 Å². The van der Waals surface area contributed by atoms with E-state index < -0.39 is 0 Å². The van der Waals surface area contributed by atoms with Crippen molar-refractivity contribution >= 4 is 0 Å². The Morgan fingerprint density at radius 3 is 2.58 bits per heavy atom. The molecule has 0 bridgehead atoms. The molecule has 2 rings (SSSR count). The molecule has 0 amide bonds. The smallest absolute Gasteiger partial charge is 0.119 e. The Hall–Kier alpha value is -1.02. The first kappa shape index (κ1) is 7.62. The fourth-order valence-corrected chi connectivity index (χ4v) is 1.26. The monoisotopic (exact) mass is 163 g/mol. The number of rotatable bonds is 3. The summed E-state index contributed by atoms with van der Waals surface area (Å²) in [5.74, 6) is 0.960. The van der Waals surface area contributed by atoms with Crippen LogP contribution in [-0.2, 0) is 0 Å². The Labute approximate surface area is 72.5 Å². The Morgan fingerprint density at radius 2 is 2.08 bits per heavy atom. The fraction of sp³-hybridized carbons (Fsp3) is 0.400. The van der Waals surface area contributed by atoms with Gasteiger partial charge in [-0.15, -0.1) is 0 Å². The molecule has 1 aromatic rings. The third-order valence-corrected chi connectivity index (χ3v) is 2.00. The average molecular weight is 163 g/mol. The molecule has 0 spiro atoms. The molecule has 1 aromatic carbocycles. The summed E-state index contributed by atoms with van der Waals surface area (Å²) in [6.07, 6.45) is 0. The SMILES string of the molecule is CCOc1ccc([C@H]2CN2)cc1. The standard InChI is InChI=1S/C10H13NO/c1-2-12-9-5-3-8(4-6-9)10-7-11-10/h3-6,10-11H,2,7H2,1H3/t10-/m1/s1. The average Bonchev–Trinajstić information content (AvgIpc) is 2.89. The number of nitrogens with one attached hydrogen (secondary N) is 1. The van der Waals surface area contributed by atoms with E-state index in [0.29, 0.717) is 6.04 Å². The molecule has 0 saturated carbocycles. The highest BCUT2D eigenvalue weighted by atomic mass is 16.5. The molecule has 64 valence electrons.